The van der Waals surface area contributed by atoms with Gasteiger partial charge in [-0.3, -0.25) is 19.8 Å². The number of ether oxygens (including phenoxy) is 1. The number of anilines is 1. The van der Waals surface area contributed by atoms with Gasteiger partial charge in [-0.05, 0) is 91.0 Å². The van der Waals surface area contributed by atoms with Crippen LogP contribution in [0.5, 0.6) is 5.75 Å². The minimum absolute atomic E-state index is 0.0511. The smallest absolute Gasteiger partial charge is 0.270 e. The van der Waals surface area contributed by atoms with Crippen molar-refractivity contribution in [2.75, 3.05) is 11.5 Å². The molecule has 0 atom stereocenters. The van der Waals surface area contributed by atoms with Gasteiger partial charge in [0.2, 0.25) is 0 Å². The van der Waals surface area contributed by atoms with Crippen LogP contribution in [-0.2, 0) is 16.0 Å². The summed E-state index contributed by atoms with van der Waals surface area (Å²) >= 11 is 5.30. The Morgan fingerprint density at radius 3 is 2.39 bits per heavy atom. The zero-order valence-electron chi connectivity index (χ0n) is 18.6. The molecule has 0 aromatic heterocycles. The molecule has 162 valence electrons. The Kier molecular flexibility index (Phi) is 6.91. The van der Waals surface area contributed by atoms with Crippen LogP contribution in [0.1, 0.15) is 55.9 Å². The van der Waals surface area contributed by atoms with E-state index in [0.717, 1.165) is 34.4 Å². The van der Waals surface area contributed by atoms with E-state index in [0.29, 0.717) is 12.3 Å². The van der Waals surface area contributed by atoms with Gasteiger partial charge in [0.25, 0.3) is 11.8 Å². The maximum atomic E-state index is 13.3. The van der Waals surface area contributed by atoms with Gasteiger partial charge in [-0.1, -0.05) is 32.9 Å². The maximum absolute atomic E-state index is 13.3. The zero-order valence-corrected chi connectivity index (χ0v) is 19.4. The average Bonchev–Trinajstić information content (AvgIpc) is 2.72. The van der Waals surface area contributed by atoms with Gasteiger partial charge >= 0.3 is 0 Å². The molecule has 6 heteroatoms. The first-order valence-electron chi connectivity index (χ1n) is 10.5. The SMILES string of the molecule is CCOc1cc(C)c(/C=C2\C(=O)NC(=S)N(c3ccc(CC)cc3)C2=O)cc1C(C)C. The third-order valence-electron chi connectivity index (χ3n) is 5.32. The number of hydrogen-bond acceptors (Lipinski definition) is 4. The monoisotopic (exact) mass is 436 g/mol. The number of nitrogens with one attached hydrogen (secondary N) is 1. The number of amides is 2. The second-order valence-electron chi connectivity index (χ2n) is 7.81. The zero-order chi connectivity index (χ0) is 22.7. The summed E-state index contributed by atoms with van der Waals surface area (Å²) in [4.78, 5) is 27.3. The van der Waals surface area contributed by atoms with E-state index in [2.05, 4.69) is 26.1 Å². The van der Waals surface area contributed by atoms with Crippen LogP contribution in [0.15, 0.2) is 42.0 Å². The van der Waals surface area contributed by atoms with Crippen molar-refractivity contribution in [2.45, 2.75) is 47.0 Å². The predicted molar refractivity (Wildman–Crippen MR) is 128 cm³/mol. The van der Waals surface area contributed by atoms with Gasteiger partial charge in [0.15, 0.2) is 5.11 Å². The molecule has 31 heavy (non-hydrogen) atoms. The van der Waals surface area contributed by atoms with Gasteiger partial charge in [-0.15, -0.1) is 0 Å². The summed E-state index contributed by atoms with van der Waals surface area (Å²) in [5, 5.41) is 2.74. The van der Waals surface area contributed by atoms with Gasteiger partial charge in [0, 0.05) is 0 Å². The van der Waals surface area contributed by atoms with Crippen LogP contribution in [0, 0.1) is 6.92 Å². The quantitative estimate of drug-likeness (QED) is 0.397. The van der Waals surface area contributed by atoms with E-state index < -0.39 is 11.8 Å². The predicted octanol–water partition coefficient (Wildman–Crippen LogP) is 4.91. The Morgan fingerprint density at radius 2 is 1.81 bits per heavy atom. The Morgan fingerprint density at radius 1 is 1.13 bits per heavy atom. The van der Waals surface area contributed by atoms with Gasteiger partial charge in [0.05, 0.1) is 12.3 Å². The van der Waals surface area contributed by atoms with Gasteiger partial charge in [0.1, 0.15) is 11.3 Å². The molecule has 0 radical (unpaired) electrons. The van der Waals surface area contributed by atoms with Crippen molar-refractivity contribution in [3.8, 4) is 5.75 Å². The van der Waals surface area contributed by atoms with E-state index in [1.54, 1.807) is 6.08 Å². The molecule has 2 aromatic rings. The first kappa shape index (κ1) is 22.7. The lowest BCUT2D eigenvalue weighted by molar-refractivity contribution is -0.122. The van der Waals surface area contributed by atoms with Crippen LogP contribution in [0.3, 0.4) is 0 Å². The second kappa shape index (κ2) is 9.43. The minimum atomic E-state index is -0.490. The standard InChI is InChI=1S/C25H28N2O3S/c1-6-17-8-10-19(11-9-17)27-24(29)21(23(28)26-25(27)31)14-18-13-20(15(3)4)22(30-7-2)12-16(18)5/h8-15H,6-7H2,1-5H3,(H,26,28,31)/b21-14+. The fraction of sp³-hybridized carbons (Fsp3) is 0.320. The summed E-state index contributed by atoms with van der Waals surface area (Å²) in [7, 11) is 0. The molecule has 1 aliphatic rings. The number of aryl methyl sites for hydroxylation is 2. The average molecular weight is 437 g/mol. The van der Waals surface area contributed by atoms with Crippen molar-refractivity contribution < 1.29 is 14.3 Å². The highest BCUT2D eigenvalue weighted by molar-refractivity contribution is 7.80. The normalized spacial score (nSPS) is 15.6. The summed E-state index contributed by atoms with van der Waals surface area (Å²) in [6.45, 7) is 10.7. The summed E-state index contributed by atoms with van der Waals surface area (Å²) in [6, 6.07) is 11.6. The maximum Gasteiger partial charge on any atom is 0.270 e. The number of carbonyl (C=O) groups excluding carboxylic acids is 2. The number of thiocarbonyl (C=S) groups is 1. The highest BCUT2D eigenvalue weighted by Crippen LogP contribution is 2.31. The molecule has 1 saturated heterocycles. The Hall–Kier alpha value is -2.99. The van der Waals surface area contributed by atoms with E-state index in [4.69, 9.17) is 17.0 Å². The second-order valence-corrected chi connectivity index (χ2v) is 8.20. The number of nitrogens with zero attached hydrogens (tertiary/aromatic N) is 1. The highest BCUT2D eigenvalue weighted by atomic mass is 32.1. The molecular formula is C25H28N2O3S. The van der Waals surface area contributed by atoms with Gasteiger partial charge < -0.3 is 4.74 Å². The molecule has 0 saturated carbocycles. The number of hydrogen-bond donors (Lipinski definition) is 1. The van der Waals surface area contributed by atoms with Gasteiger partial charge in [-0.2, -0.15) is 0 Å². The molecule has 3 rings (SSSR count). The summed E-state index contributed by atoms with van der Waals surface area (Å²) in [6.07, 6.45) is 2.54. The largest absolute Gasteiger partial charge is 0.494 e. The summed E-state index contributed by atoms with van der Waals surface area (Å²) in [5.74, 6) is 0.139. The molecule has 0 unspecified atom stereocenters. The number of rotatable bonds is 6. The molecule has 1 aliphatic heterocycles. The fourth-order valence-electron chi connectivity index (χ4n) is 3.53. The van der Waals surface area contributed by atoms with Crippen molar-refractivity contribution in [2.24, 2.45) is 0 Å². The van der Waals surface area contributed by atoms with Crippen molar-refractivity contribution in [1.29, 1.82) is 0 Å². The fourth-order valence-corrected chi connectivity index (χ4v) is 3.81. The topological polar surface area (TPSA) is 58.6 Å². The van der Waals surface area contributed by atoms with Crippen molar-refractivity contribution in [3.63, 3.8) is 0 Å². The Bertz CT molecular complexity index is 1060. The molecule has 1 N–H and O–H groups in total. The van der Waals surface area contributed by atoms with Crippen LogP contribution in [0.2, 0.25) is 0 Å². The number of carbonyl (C=O) groups is 2. The van der Waals surface area contributed by atoms with E-state index in [1.165, 1.54) is 4.90 Å². The molecule has 2 aromatic carbocycles. The molecule has 0 spiro atoms. The Balaban J connectivity index is 2.04. The number of benzene rings is 2. The third-order valence-corrected chi connectivity index (χ3v) is 5.61. The van der Waals surface area contributed by atoms with E-state index >= 15 is 0 Å². The van der Waals surface area contributed by atoms with Crippen LogP contribution >= 0.6 is 12.2 Å². The summed E-state index contributed by atoms with van der Waals surface area (Å²) < 4.78 is 5.78. The molecule has 0 aliphatic carbocycles. The van der Waals surface area contributed by atoms with E-state index in [1.807, 2.05) is 50.2 Å². The van der Waals surface area contributed by atoms with E-state index in [9.17, 15) is 9.59 Å². The lowest BCUT2D eigenvalue weighted by Crippen LogP contribution is -2.54. The molecule has 2 amide bonds. The Labute approximate surface area is 189 Å². The molecule has 1 heterocycles. The lowest BCUT2D eigenvalue weighted by Gasteiger charge is -2.29. The lowest BCUT2D eigenvalue weighted by atomic mass is 9.95. The van der Waals surface area contributed by atoms with Crippen LogP contribution in [-0.4, -0.2) is 23.5 Å². The first-order valence-corrected chi connectivity index (χ1v) is 10.9. The van der Waals surface area contributed by atoms with Crippen molar-refractivity contribution in [3.05, 3.63) is 64.2 Å². The minimum Gasteiger partial charge on any atom is -0.494 e. The van der Waals surface area contributed by atoms with Crippen LogP contribution in [0.25, 0.3) is 6.08 Å². The van der Waals surface area contributed by atoms with Gasteiger partial charge in [-0.25, -0.2) is 0 Å². The third kappa shape index (κ3) is 4.69. The molecular weight excluding hydrogens is 408 g/mol. The van der Waals surface area contributed by atoms with E-state index in [-0.39, 0.29) is 16.6 Å². The highest BCUT2D eigenvalue weighted by Gasteiger charge is 2.34. The summed E-state index contributed by atoms with van der Waals surface area (Å²) in [5.41, 5.74) is 4.60. The molecule has 0 bridgehead atoms. The van der Waals surface area contributed by atoms with Crippen molar-refractivity contribution in [1.82, 2.24) is 5.32 Å². The first-order chi connectivity index (χ1) is 14.8. The van der Waals surface area contributed by atoms with Crippen LogP contribution < -0.4 is 15.0 Å². The van der Waals surface area contributed by atoms with Crippen LogP contribution in [0.4, 0.5) is 5.69 Å². The van der Waals surface area contributed by atoms with Crippen molar-refractivity contribution >= 4 is 40.9 Å². The molecule has 5 nitrogen and oxygen atoms in total. The molecule has 1 fully saturated rings.